The van der Waals surface area contributed by atoms with Gasteiger partial charge < -0.3 is 19.5 Å². The Morgan fingerprint density at radius 2 is 1.91 bits per heavy atom. The van der Waals surface area contributed by atoms with Gasteiger partial charge in [-0.25, -0.2) is 0 Å². The molecule has 0 aromatic heterocycles. The van der Waals surface area contributed by atoms with Gasteiger partial charge in [-0.3, -0.25) is 0 Å². The summed E-state index contributed by atoms with van der Waals surface area (Å²) in [6.45, 7) is 2.36. The minimum Gasteiger partial charge on any atom is -0.493 e. The molecule has 1 aromatic carbocycles. The smallest absolute Gasteiger partial charge is 0.161 e. The first-order chi connectivity index (χ1) is 11.3. The molecular weight excluding hydrogens is 290 g/mol. The van der Waals surface area contributed by atoms with E-state index in [1.54, 1.807) is 7.11 Å². The van der Waals surface area contributed by atoms with Gasteiger partial charge >= 0.3 is 0 Å². The quantitative estimate of drug-likeness (QED) is 0.832. The van der Waals surface area contributed by atoms with E-state index in [-0.39, 0.29) is 6.10 Å². The van der Waals surface area contributed by atoms with E-state index in [9.17, 15) is 0 Å². The summed E-state index contributed by atoms with van der Waals surface area (Å²) >= 11 is 0. The number of hydrogen-bond acceptors (Lipinski definition) is 4. The number of rotatable bonds is 7. The monoisotopic (exact) mass is 319 g/mol. The maximum absolute atomic E-state index is 5.93. The number of nitrogens with one attached hydrogen (secondary N) is 1. The zero-order valence-corrected chi connectivity index (χ0v) is 14.2. The van der Waals surface area contributed by atoms with E-state index in [1.165, 1.54) is 44.1 Å². The Bertz CT molecular complexity index is 480. The Kier molecular flexibility index (Phi) is 6.17. The Balaban J connectivity index is 1.53. The third kappa shape index (κ3) is 4.85. The minimum atomic E-state index is 0.220. The second kappa shape index (κ2) is 8.55. The molecule has 0 bridgehead atoms. The summed E-state index contributed by atoms with van der Waals surface area (Å²) in [5.41, 5.74) is 1.25. The second-order valence-electron chi connectivity index (χ2n) is 6.65. The summed E-state index contributed by atoms with van der Waals surface area (Å²) in [5.74, 6) is 1.62. The van der Waals surface area contributed by atoms with Crippen LogP contribution in [0.3, 0.4) is 0 Å². The van der Waals surface area contributed by atoms with Crippen LogP contribution in [0.5, 0.6) is 11.5 Å². The lowest BCUT2D eigenvalue weighted by Crippen LogP contribution is -2.26. The van der Waals surface area contributed by atoms with Gasteiger partial charge in [-0.2, -0.15) is 0 Å². The Morgan fingerprint density at radius 1 is 1.09 bits per heavy atom. The van der Waals surface area contributed by atoms with Crippen LogP contribution in [-0.2, 0) is 11.3 Å². The van der Waals surface area contributed by atoms with Crippen molar-refractivity contribution in [3.63, 3.8) is 0 Å². The lowest BCUT2D eigenvalue weighted by Gasteiger charge is -2.23. The molecule has 1 atom stereocenters. The van der Waals surface area contributed by atoms with E-state index in [0.29, 0.717) is 12.6 Å². The highest BCUT2D eigenvalue weighted by atomic mass is 16.5. The van der Waals surface area contributed by atoms with E-state index in [4.69, 9.17) is 14.2 Å². The molecule has 1 aliphatic carbocycles. The molecule has 0 spiro atoms. The van der Waals surface area contributed by atoms with E-state index in [2.05, 4.69) is 17.4 Å². The highest BCUT2D eigenvalue weighted by molar-refractivity contribution is 5.43. The molecule has 1 saturated carbocycles. The lowest BCUT2D eigenvalue weighted by molar-refractivity contribution is -0.0114. The second-order valence-corrected chi connectivity index (χ2v) is 6.65. The van der Waals surface area contributed by atoms with Crippen LogP contribution in [0.15, 0.2) is 18.2 Å². The Labute approximate surface area is 139 Å². The zero-order valence-electron chi connectivity index (χ0n) is 14.2. The summed E-state index contributed by atoms with van der Waals surface area (Å²) in [7, 11) is 1.70. The number of methoxy groups -OCH3 is 1. The molecule has 128 valence electrons. The Hall–Kier alpha value is -1.26. The number of hydrogen-bond donors (Lipinski definition) is 1. The highest BCUT2D eigenvalue weighted by Crippen LogP contribution is 2.29. The standard InChI is InChI=1S/C19H29NO3/c1-21-19-12-15(13-20-16-6-2-3-7-16)9-10-18(19)23-14-17-8-4-5-11-22-17/h9-10,12,16-17,20H,2-8,11,13-14H2,1H3/t17-/m0/s1. The minimum absolute atomic E-state index is 0.220. The first-order valence-electron chi connectivity index (χ1n) is 9.00. The topological polar surface area (TPSA) is 39.7 Å². The predicted octanol–water partition coefficient (Wildman–Crippen LogP) is 3.68. The van der Waals surface area contributed by atoms with Gasteiger partial charge in [-0.05, 0) is 49.8 Å². The summed E-state index contributed by atoms with van der Waals surface area (Å²) in [4.78, 5) is 0. The molecule has 1 aromatic rings. The fraction of sp³-hybridized carbons (Fsp3) is 0.684. The van der Waals surface area contributed by atoms with Crippen LogP contribution in [0, 0.1) is 0 Å². The average Bonchev–Trinajstić information content (AvgIpc) is 3.13. The SMILES string of the molecule is COc1cc(CNC2CCCC2)ccc1OC[C@@H]1CCCCO1. The van der Waals surface area contributed by atoms with Crippen LogP contribution in [0.1, 0.15) is 50.5 Å². The van der Waals surface area contributed by atoms with E-state index < -0.39 is 0 Å². The largest absolute Gasteiger partial charge is 0.493 e. The van der Waals surface area contributed by atoms with Crippen LogP contribution >= 0.6 is 0 Å². The van der Waals surface area contributed by atoms with Gasteiger partial charge in [0.1, 0.15) is 6.61 Å². The summed E-state index contributed by atoms with van der Waals surface area (Å²) < 4.78 is 17.2. The van der Waals surface area contributed by atoms with Gasteiger partial charge in [0.25, 0.3) is 0 Å². The van der Waals surface area contributed by atoms with Crippen molar-refractivity contribution in [2.75, 3.05) is 20.3 Å². The van der Waals surface area contributed by atoms with Crippen molar-refractivity contribution < 1.29 is 14.2 Å². The molecular formula is C19H29NO3. The van der Waals surface area contributed by atoms with Crippen molar-refractivity contribution in [3.05, 3.63) is 23.8 Å². The number of benzene rings is 1. The van der Waals surface area contributed by atoms with Crippen LogP contribution < -0.4 is 14.8 Å². The zero-order chi connectivity index (χ0) is 15.9. The molecule has 1 aliphatic heterocycles. The molecule has 4 heteroatoms. The van der Waals surface area contributed by atoms with Crippen molar-refractivity contribution in [1.82, 2.24) is 5.32 Å². The molecule has 1 saturated heterocycles. The van der Waals surface area contributed by atoms with Crippen LogP contribution in [-0.4, -0.2) is 32.5 Å². The van der Waals surface area contributed by atoms with Gasteiger partial charge in [-0.1, -0.05) is 18.9 Å². The molecule has 0 radical (unpaired) electrons. The van der Waals surface area contributed by atoms with Crippen LogP contribution in [0.4, 0.5) is 0 Å². The third-order valence-corrected chi connectivity index (χ3v) is 4.88. The van der Waals surface area contributed by atoms with E-state index in [1.807, 2.05) is 6.07 Å². The molecule has 1 heterocycles. The van der Waals surface area contributed by atoms with E-state index in [0.717, 1.165) is 31.1 Å². The fourth-order valence-corrected chi connectivity index (χ4v) is 3.45. The van der Waals surface area contributed by atoms with Gasteiger partial charge in [0.15, 0.2) is 11.5 Å². The lowest BCUT2D eigenvalue weighted by atomic mass is 10.1. The van der Waals surface area contributed by atoms with Crippen molar-refractivity contribution in [2.45, 2.75) is 63.6 Å². The van der Waals surface area contributed by atoms with Crippen molar-refractivity contribution in [3.8, 4) is 11.5 Å². The Morgan fingerprint density at radius 3 is 2.65 bits per heavy atom. The molecule has 2 fully saturated rings. The van der Waals surface area contributed by atoms with E-state index >= 15 is 0 Å². The van der Waals surface area contributed by atoms with Crippen LogP contribution in [0.2, 0.25) is 0 Å². The summed E-state index contributed by atoms with van der Waals surface area (Å²) in [5, 5.41) is 3.64. The normalized spacial score (nSPS) is 22.2. The van der Waals surface area contributed by atoms with Crippen molar-refractivity contribution in [1.29, 1.82) is 0 Å². The maximum atomic E-state index is 5.93. The van der Waals surface area contributed by atoms with Gasteiger partial charge in [0.2, 0.25) is 0 Å². The molecule has 0 amide bonds. The molecule has 23 heavy (non-hydrogen) atoms. The third-order valence-electron chi connectivity index (χ3n) is 4.88. The summed E-state index contributed by atoms with van der Waals surface area (Å²) in [6, 6.07) is 6.91. The molecule has 3 rings (SSSR count). The van der Waals surface area contributed by atoms with Crippen molar-refractivity contribution >= 4 is 0 Å². The first-order valence-corrected chi connectivity index (χ1v) is 9.00. The average molecular weight is 319 g/mol. The fourth-order valence-electron chi connectivity index (χ4n) is 3.45. The maximum Gasteiger partial charge on any atom is 0.161 e. The summed E-state index contributed by atoms with van der Waals surface area (Å²) in [6.07, 6.45) is 9.04. The molecule has 4 nitrogen and oxygen atoms in total. The van der Waals surface area contributed by atoms with Crippen LogP contribution in [0.25, 0.3) is 0 Å². The highest BCUT2D eigenvalue weighted by Gasteiger charge is 2.17. The van der Waals surface area contributed by atoms with Crippen molar-refractivity contribution in [2.24, 2.45) is 0 Å². The van der Waals surface area contributed by atoms with Gasteiger partial charge in [0, 0.05) is 19.2 Å². The van der Waals surface area contributed by atoms with Gasteiger partial charge in [-0.15, -0.1) is 0 Å². The predicted molar refractivity (Wildman–Crippen MR) is 91.2 cm³/mol. The van der Waals surface area contributed by atoms with Gasteiger partial charge in [0.05, 0.1) is 13.2 Å². The molecule has 2 aliphatic rings. The molecule has 1 N–H and O–H groups in total. The molecule has 0 unspecified atom stereocenters. The number of ether oxygens (including phenoxy) is 3. The first kappa shape index (κ1) is 16.6.